The fraction of sp³-hybridized carbons (Fsp3) is 0.276. The summed E-state index contributed by atoms with van der Waals surface area (Å²) in [5.41, 5.74) is 3.44. The molecule has 0 unspecified atom stereocenters. The lowest BCUT2D eigenvalue weighted by atomic mass is 9.91. The van der Waals surface area contributed by atoms with Crippen LogP contribution in [0.2, 0.25) is 0 Å². The van der Waals surface area contributed by atoms with Crippen LogP contribution in [-0.4, -0.2) is 69.8 Å². The summed E-state index contributed by atoms with van der Waals surface area (Å²) in [5, 5.41) is 5.37. The summed E-state index contributed by atoms with van der Waals surface area (Å²) in [6, 6.07) is 7.99. The van der Waals surface area contributed by atoms with Gasteiger partial charge in [-0.15, -0.1) is 0 Å². The lowest BCUT2D eigenvalue weighted by Crippen LogP contribution is -2.57. The van der Waals surface area contributed by atoms with Gasteiger partial charge in [-0.05, 0) is 38.1 Å². The summed E-state index contributed by atoms with van der Waals surface area (Å²) in [6.07, 6.45) is 7.00. The zero-order valence-electron chi connectivity index (χ0n) is 23.3. The van der Waals surface area contributed by atoms with Crippen LogP contribution in [0.15, 0.2) is 55.1 Å². The quantitative estimate of drug-likeness (QED) is 0.254. The third-order valence-corrected chi connectivity index (χ3v) is 8.62. The molecule has 0 amide bonds. The first-order chi connectivity index (χ1) is 20.0. The largest absolute Gasteiger partial charge is 0.496 e. The molecule has 0 aromatic carbocycles. The number of ether oxygens (including phenoxy) is 1. The molecule has 13 heteroatoms. The molecule has 0 bridgehead atoms. The van der Waals surface area contributed by atoms with Gasteiger partial charge < -0.3 is 9.64 Å². The highest BCUT2D eigenvalue weighted by Crippen LogP contribution is 2.37. The number of sulfone groups is 1. The van der Waals surface area contributed by atoms with Gasteiger partial charge in [-0.2, -0.15) is 9.49 Å². The highest BCUT2D eigenvalue weighted by Gasteiger charge is 2.38. The van der Waals surface area contributed by atoms with Crippen LogP contribution in [0.5, 0.6) is 5.75 Å². The first kappa shape index (κ1) is 27.6. The molecule has 0 radical (unpaired) electrons. The molecule has 0 N–H and O–H groups in total. The van der Waals surface area contributed by atoms with Gasteiger partial charge in [-0.3, -0.25) is 9.97 Å². The van der Waals surface area contributed by atoms with Crippen LogP contribution in [-0.2, 0) is 9.84 Å². The Morgan fingerprint density at radius 1 is 1.05 bits per heavy atom. The molecule has 1 aliphatic rings. The minimum atomic E-state index is -3.16. The minimum Gasteiger partial charge on any atom is -0.496 e. The van der Waals surface area contributed by atoms with Crippen molar-refractivity contribution in [1.82, 2.24) is 29.7 Å². The van der Waals surface area contributed by atoms with Crippen LogP contribution in [0.4, 0.5) is 14.5 Å². The molecule has 42 heavy (non-hydrogen) atoms. The maximum Gasteiger partial charge on any atom is 0.222 e. The summed E-state index contributed by atoms with van der Waals surface area (Å²) < 4.78 is 60.0. The lowest BCUT2D eigenvalue weighted by molar-refractivity contribution is 0.341. The summed E-state index contributed by atoms with van der Waals surface area (Å²) in [7, 11) is -1.59. The van der Waals surface area contributed by atoms with Gasteiger partial charge in [0.15, 0.2) is 5.82 Å². The van der Waals surface area contributed by atoms with Crippen molar-refractivity contribution >= 4 is 26.4 Å². The van der Waals surface area contributed by atoms with E-state index in [1.165, 1.54) is 6.26 Å². The zero-order valence-corrected chi connectivity index (χ0v) is 24.1. The fourth-order valence-electron chi connectivity index (χ4n) is 5.38. The Labute approximate surface area is 241 Å². The van der Waals surface area contributed by atoms with E-state index in [4.69, 9.17) is 9.72 Å². The Morgan fingerprint density at radius 3 is 2.57 bits per heavy atom. The molecule has 0 saturated carbocycles. The first-order valence-electron chi connectivity index (χ1n) is 13.1. The number of rotatable bonds is 7. The molecule has 1 aliphatic heterocycles. The van der Waals surface area contributed by atoms with Gasteiger partial charge >= 0.3 is 0 Å². The van der Waals surface area contributed by atoms with Crippen molar-refractivity contribution in [2.24, 2.45) is 5.92 Å². The number of aryl methyl sites for hydroxylation is 1. The Balaban J connectivity index is 1.51. The maximum atomic E-state index is 14.9. The molecule has 1 fully saturated rings. The second-order valence-corrected chi connectivity index (χ2v) is 12.6. The normalized spacial score (nSPS) is 17.0. The molecule has 5 aromatic heterocycles. The summed E-state index contributed by atoms with van der Waals surface area (Å²) >= 11 is 0. The number of aromatic nitrogens is 6. The molecule has 6 heterocycles. The standard InChI is InChI=1S/C29H27F2N7O3S/c1-16-22-13-34-38(26(22)10-25(35-16)23-12-32-6-5-27(23)41-3)28-9-20(37-14-18(17(37)2)15-42(4,39)40)8-24(36-28)21-7-19(30)11-33-29(21)31/h5-13,17-18H,14-15H2,1-4H3/t17-,18-/m1/s1. The van der Waals surface area contributed by atoms with E-state index in [9.17, 15) is 17.2 Å². The van der Waals surface area contributed by atoms with Gasteiger partial charge in [0.25, 0.3) is 0 Å². The van der Waals surface area contributed by atoms with Gasteiger partial charge in [-0.25, -0.2) is 27.5 Å². The molecule has 216 valence electrons. The van der Waals surface area contributed by atoms with Crippen LogP contribution in [0.1, 0.15) is 12.6 Å². The molecule has 6 rings (SSSR count). The van der Waals surface area contributed by atoms with E-state index in [2.05, 4.69) is 20.1 Å². The van der Waals surface area contributed by atoms with Crippen molar-refractivity contribution in [3.05, 3.63) is 72.6 Å². The van der Waals surface area contributed by atoms with Crippen molar-refractivity contribution in [2.75, 3.05) is 30.6 Å². The van der Waals surface area contributed by atoms with Crippen molar-refractivity contribution in [3.63, 3.8) is 0 Å². The number of hydrogen-bond donors (Lipinski definition) is 0. The van der Waals surface area contributed by atoms with E-state index < -0.39 is 21.6 Å². The van der Waals surface area contributed by atoms with Crippen molar-refractivity contribution in [2.45, 2.75) is 19.9 Å². The molecule has 0 spiro atoms. The molecular formula is C29H27F2N7O3S. The predicted molar refractivity (Wildman–Crippen MR) is 154 cm³/mol. The van der Waals surface area contributed by atoms with Gasteiger partial charge in [0.05, 0.1) is 53.3 Å². The zero-order chi connectivity index (χ0) is 29.8. The second kappa shape index (κ2) is 10.4. The number of halogens is 2. The number of nitrogens with zero attached hydrogens (tertiary/aromatic N) is 7. The Hall–Kier alpha value is -4.52. The molecule has 2 atom stereocenters. The van der Waals surface area contributed by atoms with Gasteiger partial charge in [0.2, 0.25) is 5.95 Å². The molecule has 10 nitrogen and oxygen atoms in total. The lowest BCUT2D eigenvalue weighted by Gasteiger charge is -2.48. The third-order valence-electron chi connectivity index (χ3n) is 7.58. The topological polar surface area (TPSA) is 116 Å². The van der Waals surface area contributed by atoms with Crippen LogP contribution in [0.3, 0.4) is 0 Å². The molecule has 0 aliphatic carbocycles. The van der Waals surface area contributed by atoms with Crippen molar-refractivity contribution in [3.8, 4) is 34.1 Å². The molecule has 5 aromatic rings. The average Bonchev–Trinajstić information content (AvgIpc) is 3.40. The third kappa shape index (κ3) is 5.04. The molecule has 1 saturated heterocycles. The highest BCUT2D eigenvalue weighted by atomic mass is 32.2. The van der Waals surface area contributed by atoms with E-state index in [1.54, 1.807) is 48.6 Å². The van der Waals surface area contributed by atoms with Crippen LogP contribution < -0.4 is 9.64 Å². The Kier molecular flexibility index (Phi) is 6.84. The monoisotopic (exact) mass is 591 g/mol. The van der Waals surface area contributed by atoms with Crippen molar-refractivity contribution in [1.29, 1.82) is 0 Å². The SMILES string of the molecule is COc1ccncc1-c1cc2c(cnn2-c2cc(N3C[C@H](CS(C)(=O)=O)[C@H]3C)cc(-c3cc(F)cnc3F)n2)c(C)n1. The van der Waals surface area contributed by atoms with E-state index in [0.29, 0.717) is 40.6 Å². The summed E-state index contributed by atoms with van der Waals surface area (Å²) in [6.45, 7) is 4.29. The van der Waals surface area contributed by atoms with E-state index in [1.807, 2.05) is 24.8 Å². The number of hydrogen-bond acceptors (Lipinski definition) is 9. The van der Waals surface area contributed by atoms with Crippen molar-refractivity contribution < 1.29 is 21.9 Å². The number of anilines is 1. The van der Waals surface area contributed by atoms with Crippen LogP contribution in [0, 0.1) is 24.6 Å². The van der Waals surface area contributed by atoms with E-state index >= 15 is 0 Å². The average molecular weight is 592 g/mol. The van der Waals surface area contributed by atoms with E-state index in [0.717, 1.165) is 23.3 Å². The van der Waals surface area contributed by atoms with Crippen LogP contribution in [0.25, 0.3) is 39.2 Å². The van der Waals surface area contributed by atoms with Crippen LogP contribution >= 0.6 is 0 Å². The Bertz CT molecular complexity index is 1950. The van der Waals surface area contributed by atoms with Gasteiger partial charge in [0, 0.05) is 60.0 Å². The smallest absolute Gasteiger partial charge is 0.222 e. The molecular weight excluding hydrogens is 564 g/mol. The highest BCUT2D eigenvalue weighted by molar-refractivity contribution is 7.90. The summed E-state index contributed by atoms with van der Waals surface area (Å²) in [4.78, 5) is 19.2. The maximum absolute atomic E-state index is 14.9. The van der Waals surface area contributed by atoms with Gasteiger partial charge in [-0.1, -0.05) is 0 Å². The fourth-order valence-corrected chi connectivity index (χ4v) is 6.54. The predicted octanol–water partition coefficient (Wildman–Crippen LogP) is 4.40. The van der Waals surface area contributed by atoms with Gasteiger partial charge in [0.1, 0.15) is 21.4 Å². The summed E-state index contributed by atoms with van der Waals surface area (Å²) in [5.74, 6) is -0.608. The Morgan fingerprint density at radius 2 is 1.83 bits per heavy atom. The minimum absolute atomic E-state index is 0.0640. The first-order valence-corrected chi connectivity index (χ1v) is 15.2. The number of fused-ring (bicyclic) bond motifs is 1. The number of pyridine rings is 4. The van der Waals surface area contributed by atoms with E-state index in [-0.39, 0.29) is 29.0 Å². The second-order valence-electron chi connectivity index (χ2n) is 10.5. The number of methoxy groups -OCH3 is 1.